The number of rotatable bonds is 12. The smallest absolute Gasteiger partial charge is 0.260 e. The molecule has 1 aliphatic heterocycles. The number of hydrogen-bond acceptors (Lipinski definition) is 8. The lowest BCUT2D eigenvalue weighted by Crippen LogP contribution is -2.39. The molecule has 2 heterocycles. The molecule has 0 unspecified atom stereocenters. The Kier molecular flexibility index (Phi) is 9.72. The molecule has 0 atom stereocenters. The third-order valence-electron chi connectivity index (χ3n) is 6.66. The lowest BCUT2D eigenvalue weighted by atomic mass is 10.2. The molecule has 38 heavy (non-hydrogen) atoms. The molecule has 206 valence electrons. The number of morpholine rings is 1. The summed E-state index contributed by atoms with van der Waals surface area (Å²) in [5.41, 5.74) is 1.22. The van der Waals surface area contributed by atoms with Crippen LogP contribution in [0, 0.1) is 0 Å². The normalized spacial score (nSPS) is 14.7. The summed E-state index contributed by atoms with van der Waals surface area (Å²) in [6.45, 7) is 7.06. The maximum absolute atomic E-state index is 13.7. The predicted octanol–water partition coefficient (Wildman–Crippen LogP) is 4.09. The Morgan fingerprint density at radius 2 is 1.84 bits per heavy atom. The Morgan fingerprint density at radius 1 is 1.11 bits per heavy atom. The quantitative estimate of drug-likeness (QED) is 0.329. The SMILES string of the molecule is CCCCN(C)S(=O)(=O)c1ccc(C(=O)N(CCCN2CCOCC2)c2nc3ccc(OC)cc3s2)cc1. The van der Waals surface area contributed by atoms with E-state index in [9.17, 15) is 13.2 Å². The predicted molar refractivity (Wildman–Crippen MR) is 151 cm³/mol. The number of benzene rings is 2. The Hall–Kier alpha value is -2.57. The highest BCUT2D eigenvalue weighted by Gasteiger charge is 2.24. The highest BCUT2D eigenvalue weighted by atomic mass is 32.2. The number of carbonyl (C=O) groups excluding carboxylic acids is 1. The van der Waals surface area contributed by atoms with Crippen LogP contribution in [0.25, 0.3) is 10.2 Å². The summed E-state index contributed by atoms with van der Waals surface area (Å²) in [5, 5.41) is 0.608. The lowest BCUT2D eigenvalue weighted by Gasteiger charge is -2.27. The van der Waals surface area contributed by atoms with E-state index in [-0.39, 0.29) is 10.8 Å². The van der Waals surface area contributed by atoms with Crippen LogP contribution in [-0.2, 0) is 14.8 Å². The van der Waals surface area contributed by atoms with E-state index in [1.807, 2.05) is 25.1 Å². The van der Waals surface area contributed by atoms with Gasteiger partial charge in [0.2, 0.25) is 10.0 Å². The number of anilines is 1. The van der Waals surface area contributed by atoms with E-state index < -0.39 is 10.0 Å². The van der Waals surface area contributed by atoms with Gasteiger partial charge >= 0.3 is 0 Å². The average Bonchev–Trinajstić information content (AvgIpc) is 3.37. The summed E-state index contributed by atoms with van der Waals surface area (Å²) in [6, 6.07) is 11.9. The number of fused-ring (bicyclic) bond motifs is 1. The van der Waals surface area contributed by atoms with E-state index in [0.717, 1.165) is 68.1 Å². The van der Waals surface area contributed by atoms with Gasteiger partial charge in [0.05, 0.1) is 35.4 Å². The van der Waals surface area contributed by atoms with E-state index in [0.29, 0.717) is 23.8 Å². The van der Waals surface area contributed by atoms with Gasteiger partial charge in [0.1, 0.15) is 5.75 Å². The summed E-state index contributed by atoms with van der Waals surface area (Å²) in [5.74, 6) is 0.528. The molecule has 0 spiro atoms. The molecular weight excluding hydrogens is 524 g/mol. The molecule has 0 radical (unpaired) electrons. The second-order valence-corrected chi connectivity index (χ2v) is 12.4. The standard InChI is InChI=1S/C27H36N4O5S2/c1-4-5-13-29(2)38(33,34)23-10-7-21(8-11-23)26(32)31(15-6-14-30-16-18-36-19-17-30)27-28-24-12-9-22(35-3)20-25(24)37-27/h7-12,20H,4-6,13-19H2,1-3H3. The van der Waals surface area contributed by atoms with Crippen LogP contribution in [0.15, 0.2) is 47.4 Å². The third kappa shape index (κ3) is 6.70. The number of carbonyl (C=O) groups is 1. The summed E-state index contributed by atoms with van der Waals surface area (Å²) in [7, 11) is -0.399. The molecule has 0 saturated carbocycles. The molecule has 0 aliphatic carbocycles. The lowest BCUT2D eigenvalue weighted by molar-refractivity contribution is 0.0376. The third-order valence-corrected chi connectivity index (χ3v) is 9.57. The molecule has 9 nitrogen and oxygen atoms in total. The summed E-state index contributed by atoms with van der Waals surface area (Å²) in [4.78, 5) is 22.7. The molecule has 1 fully saturated rings. The highest BCUT2D eigenvalue weighted by Crippen LogP contribution is 2.32. The fourth-order valence-electron chi connectivity index (χ4n) is 4.30. The topological polar surface area (TPSA) is 92.3 Å². The van der Waals surface area contributed by atoms with Crippen molar-refractivity contribution in [3.63, 3.8) is 0 Å². The van der Waals surface area contributed by atoms with Gasteiger partial charge in [-0.05, 0) is 55.3 Å². The Labute approximate surface area is 229 Å². The minimum atomic E-state index is -3.61. The van der Waals surface area contributed by atoms with Crippen molar-refractivity contribution in [1.29, 1.82) is 0 Å². The van der Waals surface area contributed by atoms with Crippen LogP contribution >= 0.6 is 11.3 Å². The van der Waals surface area contributed by atoms with Crippen LogP contribution in [0.1, 0.15) is 36.5 Å². The number of hydrogen-bond donors (Lipinski definition) is 0. The van der Waals surface area contributed by atoms with Gasteiger partial charge in [-0.15, -0.1) is 0 Å². The molecule has 11 heteroatoms. The molecule has 0 N–H and O–H groups in total. The average molecular weight is 561 g/mol. The van der Waals surface area contributed by atoms with Gasteiger partial charge in [-0.1, -0.05) is 24.7 Å². The molecule has 1 aliphatic rings. The molecular formula is C27H36N4O5S2. The van der Waals surface area contributed by atoms with Crippen LogP contribution in [0.4, 0.5) is 5.13 Å². The highest BCUT2D eigenvalue weighted by molar-refractivity contribution is 7.89. The van der Waals surface area contributed by atoms with Gasteiger partial charge in [0.15, 0.2) is 5.13 Å². The van der Waals surface area contributed by atoms with Gasteiger partial charge in [0.25, 0.3) is 5.91 Å². The second-order valence-electron chi connectivity index (χ2n) is 9.30. The first kappa shape index (κ1) is 28.4. The van der Waals surface area contributed by atoms with Gasteiger partial charge in [0, 0.05) is 45.3 Å². The van der Waals surface area contributed by atoms with Crippen LogP contribution in [0.2, 0.25) is 0 Å². The molecule has 3 aromatic rings. The largest absolute Gasteiger partial charge is 0.497 e. The van der Waals surface area contributed by atoms with Crippen molar-refractivity contribution in [2.75, 3.05) is 65.0 Å². The minimum absolute atomic E-state index is 0.179. The Balaban J connectivity index is 1.56. The first-order valence-corrected chi connectivity index (χ1v) is 15.2. The van der Waals surface area contributed by atoms with E-state index in [2.05, 4.69) is 4.90 Å². The number of thiazole rings is 1. The number of aromatic nitrogens is 1. The second kappa shape index (κ2) is 13.0. The van der Waals surface area contributed by atoms with Crippen LogP contribution in [0.5, 0.6) is 5.75 Å². The van der Waals surface area contributed by atoms with E-state index in [4.69, 9.17) is 14.5 Å². The van der Waals surface area contributed by atoms with E-state index in [1.165, 1.54) is 27.8 Å². The molecule has 1 amide bonds. The number of amides is 1. The zero-order valence-electron chi connectivity index (χ0n) is 22.3. The van der Waals surface area contributed by atoms with Crippen molar-refractivity contribution < 1.29 is 22.7 Å². The van der Waals surface area contributed by atoms with E-state index >= 15 is 0 Å². The maximum Gasteiger partial charge on any atom is 0.260 e. The van der Waals surface area contributed by atoms with Crippen LogP contribution in [0.3, 0.4) is 0 Å². The van der Waals surface area contributed by atoms with Crippen molar-refractivity contribution in [2.24, 2.45) is 0 Å². The van der Waals surface area contributed by atoms with Crippen LogP contribution in [-0.4, -0.2) is 88.6 Å². The van der Waals surface area contributed by atoms with Crippen LogP contribution < -0.4 is 9.64 Å². The number of ether oxygens (including phenoxy) is 2. The zero-order valence-corrected chi connectivity index (χ0v) is 23.9. The Morgan fingerprint density at radius 3 is 2.53 bits per heavy atom. The molecule has 1 aromatic heterocycles. The minimum Gasteiger partial charge on any atom is -0.497 e. The van der Waals surface area contributed by atoms with Crippen molar-refractivity contribution in [1.82, 2.24) is 14.2 Å². The first-order chi connectivity index (χ1) is 18.3. The van der Waals surface area contributed by atoms with Gasteiger partial charge in [-0.3, -0.25) is 14.6 Å². The summed E-state index contributed by atoms with van der Waals surface area (Å²) >= 11 is 1.44. The Bertz CT molecular complexity index is 1320. The van der Waals surface area contributed by atoms with Crippen molar-refractivity contribution in [3.05, 3.63) is 48.0 Å². The summed E-state index contributed by atoms with van der Waals surface area (Å²) in [6.07, 6.45) is 2.48. The molecule has 1 saturated heterocycles. The molecule has 4 rings (SSSR count). The van der Waals surface area contributed by atoms with Gasteiger partial charge in [-0.2, -0.15) is 0 Å². The fraction of sp³-hybridized carbons (Fsp3) is 0.481. The number of methoxy groups -OCH3 is 1. The number of unbranched alkanes of at least 4 members (excludes halogenated alkanes) is 1. The summed E-state index contributed by atoms with van der Waals surface area (Å²) < 4.78 is 38.9. The first-order valence-electron chi connectivity index (χ1n) is 13.0. The van der Waals surface area contributed by atoms with Gasteiger partial charge < -0.3 is 9.47 Å². The van der Waals surface area contributed by atoms with Crippen molar-refractivity contribution >= 4 is 42.6 Å². The van der Waals surface area contributed by atoms with Crippen molar-refractivity contribution in [2.45, 2.75) is 31.1 Å². The monoisotopic (exact) mass is 560 g/mol. The number of sulfonamides is 1. The zero-order chi connectivity index (χ0) is 27.1. The van der Waals surface area contributed by atoms with Gasteiger partial charge in [-0.25, -0.2) is 17.7 Å². The maximum atomic E-state index is 13.7. The number of nitrogens with zero attached hydrogens (tertiary/aromatic N) is 4. The fourth-order valence-corrected chi connectivity index (χ4v) is 6.53. The van der Waals surface area contributed by atoms with E-state index in [1.54, 1.807) is 31.2 Å². The molecule has 2 aromatic carbocycles. The van der Waals surface area contributed by atoms with Crippen molar-refractivity contribution in [3.8, 4) is 5.75 Å². The molecule has 0 bridgehead atoms.